The van der Waals surface area contributed by atoms with E-state index in [-0.39, 0.29) is 40.6 Å². The standard InChI is InChI=1S/C23H26ClFN4O5/c1-4-16-20(24)28-21(26-16)22(31)27-17-9-10-29(12-18(17)33-2)19(30)8-7-13-5-6-14(11-15(13)25)23(32)34-3/h5-8,11,17-18H,4,9-10,12H2,1-3H3,(H,26,28)(H,27,31)/b8-7-. The molecule has 2 amide bonds. The minimum Gasteiger partial charge on any atom is -0.465 e. The quantitative estimate of drug-likeness (QED) is 0.453. The Morgan fingerprint density at radius 3 is 2.74 bits per heavy atom. The van der Waals surface area contributed by atoms with Gasteiger partial charge in [-0.3, -0.25) is 9.59 Å². The molecule has 0 spiro atoms. The zero-order valence-corrected chi connectivity index (χ0v) is 19.8. The lowest BCUT2D eigenvalue weighted by atomic mass is 10.0. The average molecular weight is 493 g/mol. The second-order valence-corrected chi connectivity index (χ2v) is 8.05. The summed E-state index contributed by atoms with van der Waals surface area (Å²) >= 11 is 6.01. The van der Waals surface area contributed by atoms with Crippen LogP contribution in [0.25, 0.3) is 6.08 Å². The predicted octanol–water partition coefficient (Wildman–Crippen LogP) is 2.61. The van der Waals surface area contributed by atoms with Gasteiger partial charge in [0.05, 0.1) is 30.5 Å². The maximum atomic E-state index is 14.3. The number of amides is 2. The highest BCUT2D eigenvalue weighted by Gasteiger charge is 2.32. The molecule has 0 bridgehead atoms. The van der Waals surface area contributed by atoms with Gasteiger partial charge in [-0.05, 0) is 31.1 Å². The van der Waals surface area contributed by atoms with Gasteiger partial charge in [-0.2, -0.15) is 0 Å². The SMILES string of the molecule is CCc1[nH]c(C(=O)NC2CCN(C(=O)/C=C\c3ccc(C(=O)OC)cc3F)CC2OC)nc1Cl. The lowest BCUT2D eigenvalue weighted by Gasteiger charge is -2.37. The highest BCUT2D eigenvalue weighted by molar-refractivity contribution is 6.30. The molecule has 0 aliphatic carbocycles. The Hall–Kier alpha value is -3.24. The Morgan fingerprint density at radius 2 is 2.12 bits per heavy atom. The molecule has 182 valence electrons. The molecule has 0 radical (unpaired) electrons. The van der Waals surface area contributed by atoms with Gasteiger partial charge in [-0.15, -0.1) is 0 Å². The number of carbonyl (C=O) groups is 3. The number of rotatable bonds is 7. The van der Waals surface area contributed by atoms with E-state index in [0.29, 0.717) is 25.1 Å². The van der Waals surface area contributed by atoms with Gasteiger partial charge >= 0.3 is 5.97 Å². The van der Waals surface area contributed by atoms with Crippen molar-refractivity contribution in [2.24, 2.45) is 0 Å². The Bertz CT molecular complexity index is 1100. The summed E-state index contributed by atoms with van der Waals surface area (Å²) < 4.78 is 24.3. The van der Waals surface area contributed by atoms with Crippen LogP contribution in [0.15, 0.2) is 24.3 Å². The summed E-state index contributed by atoms with van der Waals surface area (Å²) in [6, 6.07) is 3.54. The van der Waals surface area contributed by atoms with Crippen molar-refractivity contribution in [3.63, 3.8) is 0 Å². The van der Waals surface area contributed by atoms with Crippen LogP contribution in [0, 0.1) is 5.82 Å². The number of esters is 1. The number of piperidine rings is 1. The highest BCUT2D eigenvalue weighted by Crippen LogP contribution is 2.18. The molecule has 1 aromatic carbocycles. The van der Waals surface area contributed by atoms with E-state index < -0.39 is 23.8 Å². The molecule has 34 heavy (non-hydrogen) atoms. The van der Waals surface area contributed by atoms with E-state index in [1.165, 1.54) is 38.5 Å². The maximum Gasteiger partial charge on any atom is 0.337 e. The molecule has 1 aromatic heterocycles. The number of H-pyrrole nitrogens is 1. The molecule has 2 aromatic rings. The third-order valence-corrected chi connectivity index (χ3v) is 5.93. The van der Waals surface area contributed by atoms with Crippen LogP contribution in [0.5, 0.6) is 0 Å². The first-order valence-corrected chi connectivity index (χ1v) is 11.1. The Balaban J connectivity index is 1.61. The Morgan fingerprint density at radius 1 is 1.35 bits per heavy atom. The van der Waals surface area contributed by atoms with Crippen LogP contribution in [0.2, 0.25) is 5.15 Å². The molecule has 9 nitrogen and oxygen atoms in total. The van der Waals surface area contributed by atoms with Crippen LogP contribution in [-0.2, 0) is 20.7 Å². The van der Waals surface area contributed by atoms with Gasteiger partial charge in [0, 0.05) is 31.8 Å². The molecule has 1 aliphatic rings. The van der Waals surface area contributed by atoms with E-state index in [2.05, 4.69) is 20.0 Å². The molecule has 2 unspecified atom stereocenters. The van der Waals surface area contributed by atoms with Crippen molar-refractivity contribution < 1.29 is 28.2 Å². The number of aromatic amines is 1. The predicted molar refractivity (Wildman–Crippen MR) is 123 cm³/mol. The van der Waals surface area contributed by atoms with Gasteiger partial charge in [0.25, 0.3) is 5.91 Å². The number of ether oxygens (including phenoxy) is 2. The van der Waals surface area contributed by atoms with E-state index in [1.54, 1.807) is 4.90 Å². The molecule has 0 saturated carbocycles. The smallest absolute Gasteiger partial charge is 0.337 e. The maximum absolute atomic E-state index is 14.3. The summed E-state index contributed by atoms with van der Waals surface area (Å²) in [7, 11) is 2.72. The average Bonchev–Trinajstić information content (AvgIpc) is 3.23. The fourth-order valence-corrected chi connectivity index (χ4v) is 3.93. The zero-order valence-electron chi connectivity index (χ0n) is 19.1. The summed E-state index contributed by atoms with van der Waals surface area (Å²) in [4.78, 5) is 45.2. The number of halogens is 2. The van der Waals surface area contributed by atoms with Crippen LogP contribution in [0.3, 0.4) is 0 Å². The van der Waals surface area contributed by atoms with Crippen LogP contribution >= 0.6 is 11.6 Å². The fraction of sp³-hybridized carbons (Fsp3) is 0.391. The fourth-order valence-electron chi connectivity index (χ4n) is 3.66. The molecular formula is C23H26ClFN4O5. The first-order valence-electron chi connectivity index (χ1n) is 10.7. The number of imidazole rings is 1. The van der Waals surface area contributed by atoms with Gasteiger partial charge in [0.1, 0.15) is 5.82 Å². The lowest BCUT2D eigenvalue weighted by molar-refractivity contribution is -0.130. The number of methoxy groups -OCH3 is 2. The Labute approximate surface area is 201 Å². The molecule has 1 aliphatic heterocycles. The van der Waals surface area contributed by atoms with E-state index in [1.807, 2.05) is 6.92 Å². The van der Waals surface area contributed by atoms with Crippen molar-refractivity contribution in [3.8, 4) is 0 Å². The van der Waals surface area contributed by atoms with Gasteiger partial charge in [0.15, 0.2) is 11.0 Å². The van der Waals surface area contributed by atoms with E-state index in [0.717, 1.165) is 6.07 Å². The molecule has 1 saturated heterocycles. The van der Waals surface area contributed by atoms with Gasteiger partial charge in [0.2, 0.25) is 5.91 Å². The molecule has 2 atom stereocenters. The molecule has 3 rings (SSSR count). The minimum atomic E-state index is -0.646. The summed E-state index contributed by atoms with van der Waals surface area (Å²) in [5, 5.41) is 3.15. The van der Waals surface area contributed by atoms with Crippen molar-refractivity contribution in [1.82, 2.24) is 20.2 Å². The van der Waals surface area contributed by atoms with Crippen molar-refractivity contribution >= 4 is 35.5 Å². The number of nitrogens with zero attached hydrogens (tertiary/aromatic N) is 2. The van der Waals surface area contributed by atoms with Gasteiger partial charge in [-0.1, -0.05) is 24.6 Å². The van der Waals surface area contributed by atoms with Crippen molar-refractivity contribution in [2.75, 3.05) is 27.3 Å². The van der Waals surface area contributed by atoms with E-state index in [4.69, 9.17) is 16.3 Å². The van der Waals surface area contributed by atoms with Crippen LogP contribution in [0.1, 0.15) is 45.6 Å². The number of hydrogen-bond donors (Lipinski definition) is 2. The number of carbonyl (C=O) groups excluding carboxylic acids is 3. The second-order valence-electron chi connectivity index (χ2n) is 7.70. The number of aryl methyl sites for hydroxylation is 1. The van der Waals surface area contributed by atoms with Gasteiger partial charge in [-0.25, -0.2) is 14.2 Å². The third-order valence-electron chi connectivity index (χ3n) is 5.61. The van der Waals surface area contributed by atoms with Gasteiger partial charge < -0.3 is 24.7 Å². The third kappa shape index (κ3) is 5.81. The van der Waals surface area contributed by atoms with Crippen molar-refractivity contribution in [3.05, 3.63) is 57.9 Å². The summed E-state index contributed by atoms with van der Waals surface area (Å²) in [5.41, 5.74) is 0.923. The number of hydrogen-bond acceptors (Lipinski definition) is 6. The molecule has 11 heteroatoms. The lowest BCUT2D eigenvalue weighted by Crippen LogP contribution is -2.55. The monoisotopic (exact) mass is 492 g/mol. The number of likely N-dealkylation sites (tertiary alicyclic amines) is 1. The molecule has 2 heterocycles. The minimum absolute atomic E-state index is 0.0817. The number of benzene rings is 1. The van der Waals surface area contributed by atoms with E-state index in [9.17, 15) is 18.8 Å². The highest BCUT2D eigenvalue weighted by atomic mass is 35.5. The summed E-state index contributed by atoms with van der Waals surface area (Å²) in [6.45, 7) is 2.51. The van der Waals surface area contributed by atoms with Crippen LogP contribution in [-0.4, -0.2) is 72.1 Å². The van der Waals surface area contributed by atoms with Crippen molar-refractivity contribution in [1.29, 1.82) is 0 Å². The second kappa shape index (κ2) is 11.3. The van der Waals surface area contributed by atoms with Crippen LogP contribution < -0.4 is 5.32 Å². The largest absolute Gasteiger partial charge is 0.465 e. The number of nitrogens with one attached hydrogen (secondary N) is 2. The van der Waals surface area contributed by atoms with E-state index >= 15 is 0 Å². The first-order chi connectivity index (χ1) is 16.3. The molecule has 2 N–H and O–H groups in total. The van der Waals surface area contributed by atoms with Crippen molar-refractivity contribution in [2.45, 2.75) is 31.9 Å². The zero-order chi connectivity index (χ0) is 24.8. The molecule has 1 fully saturated rings. The molecular weight excluding hydrogens is 467 g/mol. The Kier molecular flexibility index (Phi) is 8.41. The number of aromatic nitrogens is 2. The summed E-state index contributed by atoms with van der Waals surface area (Å²) in [5.74, 6) is -1.90. The van der Waals surface area contributed by atoms with Crippen LogP contribution in [0.4, 0.5) is 4.39 Å². The summed E-state index contributed by atoms with van der Waals surface area (Å²) in [6.07, 6.45) is 3.25. The topological polar surface area (TPSA) is 114 Å². The normalized spacial score (nSPS) is 18.2. The first kappa shape index (κ1) is 25.4.